The molecule has 0 bridgehead atoms. The Morgan fingerprint density at radius 1 is 1.30 bits per heavy atom. The Hall–Kier alpha value is -1.43. The zero-order valence-electron chi connectivity index (χ0n) is 10.6. The van der Waals surface area contributed by atoms with Crippen molar-refractivity contribution < 1.29 is 0 Å². The van der Waals surface area contributed by atoms with E-state index in [1.165, 1.54) is 0 Å². The van der Waals surface area contributed by atoms with Gasteiger partial charge in [-0.15, -0.1) is 0 Å². The van der Waals surface area contributed by atoms with E-state index in [9.17, 15) is 0 Å². The zero-order valence-corrected chi connectivity index (χ0v) is 12.9. The van der Waals surface area contributed by atoms with Crippen molar-refractivity contribution in [3.05, 3.63) is 46.0 Å². The van der Waals surface area contributed by atoms with E-state index in [-0.39, 0.29) is 0 Å². The predicted molar refractivity (Wildman–Crippen MR) is 84.7 cm³/mol. The largest absolute Gasteiger partial charge is 0.329 e. The molecule has 2 aromatic heterocycles. The van der Waals surface area contributed by atoms with Crippen LogP contribution in [0.1, 0.15) is 0 Å². The fraction of sp³-hybridized carbons (Fsp3) is 0.143. The molecule has 0 amide bonds. The molecule has 0 atom stereocenters. The molecule has 102 valence electrons. The summed E-state index contributed by atoms with van der Waals surface area (Å²) >= 11 is 9.55. The predicted octanol–water partition coefficient (Wildman–Crippen LogP) is 3.47. The van der Waals surface area contributed by atoms with Gasteiger partial charge in [0.15, 0.2) is 5.65 Å². The average molecular weight is 352 g/mol. The fourth-order valence-electron chi connectivity index (χ4n) is 2.18. The van der Waals surface area contributed by atoms with Crippen molar-refractivity contribution in [3.8, 4) is 11.4 Å². The molecule has 0 fully saturated rings. The first kappa shape index (κ1) is 13.5. The van der Waals surface area contributed by atoms with Gasteiger partial charge in [0.25, 0.3) is 0 Å². The van der Waals surface area contributed by atoms with E-state index >= 15 is 0 Å². The molecule has 0 unspecified atom stereocenters. The second-order valence-electron chi connectivity index (χ2n) is 4.35. The van der Waals surface area contributed by atoms with Crippen molar-refractivity contribution in [2.45, 2.75) is 6.54 Å². The molecule has 3 aromatic rings. The number of pyridine rings is 1. The smallest absolute Gasteiger partial charge is 0.160 e. The fourth-order valence-corrected chi connectivity index (χ4v) is 2.79. The van der Waals surface area contributed by atoms with E-state index in [0.717, 1.165) is 27.0 Å². The number of hydrogen-bond donors (Lipinski definition) is 1. The Labute approximate surface area is 129 Å². The van der Waals surface area contributed by atoms with Gasteiger partial charge in [-0.3, -0.25) is 0 Å². The summed E-state index contributed by atoms with van der Waals surface area (Å²) in [5.74, 6) is 0.840. The van der Waals surface area contributed by atoms with E-state index in [2.05, 4.69) is 25.9 Å². The van der Waals surface area contributed by atoms with Gasteiger partial charge in [-0.05, 0) is 12.1 Å². The molecule has 0 saturated heterocycles. The number of benzene rings is 1. The number of halogens is 2. The Morgan fingerprint density at radius 3 is 2.85 bits per heavy atom. The van der Waals surface area contributed by atoms with Crippen LogP contribution in [-0.4, -0.2) is 21.1 Å². The SMILES string of the molecule is NCCn1c(-c2ccccc2Br)nc2cc(Cl)cnc21. The normalized spacial score (nSPS) is 11.2. The number of rotatable bonds is 3. The third-order valence-electron chi connectivity index (χ3n) is 3.02. The van der Waals surface area contributed by atoms with Crippen molar-refractivity contribution in [2.24, 2.45) is 5.73 Å². The second kappa shape index (κ2) is 5.52. The number of aromatic nitrogens is 3. The first-order chi connectivity index (χ1) is 9.70. The maximum absolute atomic E-state index is 5.99. The lowest BCUT2D eigenvalue weighted by Gasteiger charge is -2.08. The first-order valence-electron chi connectivity index (χ1n) is 6.17. The van der Waals surface area contributed by atoms with E-state index in [4.69, 9.17) is 17.3 Å². The number of hydrogen-bond acceptors (Lipinski definition) is 3. The lowest BCUT2D eigenvalue weighted by atomic mass is 10.2. The van der Waals surface area contributed by atoms with Gasteiger partial charge >= 0.3 is 0 Å². The minimum Gasteiger partial charge on any atom is -0.329 e. The van der Waals surface area contributed by atoms with Crippen molar-refractivity contribution in [2.75, 3.05) is 6.54 Å². The average Bonchev–Trinajstić information content (AvgIpc) is 2.77. The first-order valence-corrected chi connectivity index (χ1v) is 7.34. The lowest BCUT2D eigenvalue weighted by molar-refractivity contribution is 0.729. The van der Waals surface area contributed by atoms with Crippen LogP contribution in [0.3, 0.4) is 0 Å². The van der Waals surface area contributed by atoms with E-state index < -0.39 is 0 Å². The highest BCUT2D eigenvalue weighted by Crippen LogP contribution is 2.30. The number of nitrogens with two attached hydrogens (primary N) is 1. The molecule has 0 aliphatic heterocycles. The van der Waals surface area contributed by atoms with Crippen LogP contribution < -0.4 is 5.73 Å². The summed E-state index contributed by atoms with van der Waals surface area (Å²) < 4.78 is 3.01. The number of imidazole rings is 1. The minimum atomic E-state index is 0.521. The van der Waals surface area contributed by atoms with Gasteiger partial charge in [0.2, 0.25) is 0 Å². The van der Waals surface area contributed by atoms with Crippen LogP contribution >= 0.6 is 27.5 Å². The number of nitrogens with zero attached hydrogens (tertiary/aromatic N) is 3. The Balaban J connectivity index is 2.29. The molecule has 2 heterocycles. The molecule has 20 heavy (non-hydrogen) atoms. The standard InChI is InChI=1S/C14H12BrClN4/c15-11-4-2-1-3-10(11)13-19-12-7-9(16)8-18-14(12)20(13)6-5-17/h1-4,7-8H,5-6,17H2. The lowest BCUT2D eigenvalue weighted by Crippen LogP contribution is -2.11. The van der Waals surface area contributed by atoms with Gasteiger partial charge in [0, 0.05) is 29.3 Å². The third kappa shape index (κ3) is 2.32. The van der Waals surface area contributed by atoms with E-state index in [1.54, 1.807) is 6.20 Å². The van der Waals surface area contributed by atoms with Gasteiger partial charge in [-0.25, -0.2) is 9.97 Å². The third-order valence-corrected chi connectivity index (χ3v) is 3.92. The van der Waals surface area contributed by atoms with Crippen molar-refractivity contribution in [1.29, 1.82) is 0 Å². The highest BCUT2D eigenvalue weighted by Gasteiger charge is 2.15. The van der Waals surface area contributed by atoms with Crippen LogP contribution in [0.25, 0.3) is 22.6 Å². The summed E-state index contributed by atoms with van der Waals surface area (Å²) in [5.41, 5.74) is 8.29. The molecule has 3 rings (SSSR count). The topological polar surface area (TPSA) is 56.7 Å². The van der Waals surface area contributed by atoms with Gasteiger partial charge < -0.3 is 10.3 Å². The Kier molecular flexibility index (Phi) is 3.74. The quantitative estimate of drug-likeness (QED) is 0.786. The summed E-state index contributed by atoms with van der Waals surface area (Å²) in [6, 6.07) is 9.77. The van der Waals surface area contributed by atoms with Crippen molar-refractivity contribution in [3.63, 3.8) is 0 Å². The molecule has 2 N–H and O–H groups in total. The molecule has 1 aromatic carbocycles. The summed E-state index contributed by atoms with van der Waals surface area (Å²) in [4.78, 5) is 9.03. The molecular formula is C14H12BrClN4. The van der Waals surface area contributed by atoms with E-state index in [1.807, 2.05) is 34.9 Å². The van der Waals surface area contributed by atoms with Crippen LogP contribution in [0.4, 0.5) is 0 Å². The molecular weight excluding hydrogens is 340 g/mol. The second-order valence-corrected chi connectivity index (χ2v) is 5.64. The summed E-state index contributed by atoms with van der Waals surface area (Å²) in [7, 11) is 0. The molecule has 6 heteroatoms. The maximum atomic E-state index is 5.99. The van der Waals surface area contributed by atoms with Gasteiger partial charge in [-0.1, -0.05) is 45.7 Å². The minimum absolute atomic E-state index is 0.521. The van der Waals surface area contributed by atoms with Crippen molar-refractivity contribution in [1.82, 2.24) is 14.5 Å². The van der Waals surface area contributed by atoms with Crippen LogP contribution in [0, 0.1) is 0 Å². The summed E-state index contributed by atoms with van der Waals surface area (Å²) in [6.07, 6.45) is 1.63. The van der Waals surface area contributed by atoms with Crippen LogP contribution in [0.5, 0.6) is 0 Å². The van der Waals surface area contributed by atoms with E-state index in [0.29, 0.717) is 18.1 Å². The molecule has 4 nitrogen and oxygen atoms in total. The number of fused-ring (bicyclic) bond motifs is 1. The molecule has 0 spiro atoms. The summed E-state index contributed by atoms with van der Waals surface area (Å²) in [5, 5.41) is 0.577. The monoisotopic (exact) mass is 350 g/mol. The molecule has 0 saturated carbocycles. The Morgan fingerprint density at radius 2 is 2.10 bits per heavy atom. The van der Waals surface area contributed by atoms with Gasteiger partial charge in [-0.2, -0.15) is 0 Å². The molecule has 0 aliphatic rings. The summed E-state index contributed by atoms with van der Waals surface area (Å²) in [6.45, 7) is 1.18. The highest BCUT2D eigenvalue weighted by molar-refractivity contribution is 9.10. The molecule has 0 radical (unpaired) electrons. The zero-order chi connectivity index (χ0) is 14.1. The maximum Gasteiger partial charge on any atom is 0.160 e. The van der Waals surface area contributed by atoms with Crippen molar-refractivity contribution >= 4 is 38.7 Å². The van der Waals surface area contributed by atoms with Crippen LogP contribution in [0.15, 0.2) is 41.0 Å². The van der Waals surface area contributed by atoms with Gasteiger partial charge in [0.05, 0.1) is 5.02 Å². The van der Waals surface area contributed by atoms with Crippen LogP contribution in [-0.2, 0) is 6.54 Å². The van der Waals surface area contributed by atoms with Crippen LogP contribution in [0.2, 0.25) is 5.02 Å². The van der Waals surface area contributed by atoms with Gasteiger partial charge in [0.1, 0.15) is 11.3 Å². The molecule has 0 aliphatic carbocycles. The highest BCUT2D eigenvalue weighted by atomic mass is 79.9. The Bertz CT molecular complexity index is 769.